The molecule has 0 radical (unpaired) electrons. The second kappa shape index (κ2) is 5.53. The molecule has 16 heavy (non-hydrogen) atoms. The average molecular weight is 228 g/mol. The van der Waals surface area contributed by atoms with E-state index in [4.69, 9.17) is 4.74 Å². The van der Waals surface area contributed by atoms with Crippen molar-refractivity contribution in [1.29, 1.82) is 0 Å². The van der Waals surface area contributed by atoms with Crippen LogP contribution >= 0.6 is 0 Å². The van der Waals surface area contributed by atoms with Gasteiger partial charge in [-0.05, 0) is 33.6 Å². The molecule has 1 aliphatic rings. The zero-order valence-electron chi connectivity index (χ0n) is 10.8. The number of hydrogen-bond acceptors (Lipinski definition) is 2. The molecule has 0 aromatic carbocycles. The molecule has 2 unspecified atom stereocenters. The van der Waals surface area contributed by atoms with E-state index in [2.05, 4.69) is 17.6 Å². The van der Waals surface area contributed by atoms with E-state index in [1.807, 2.05) is 20.8 Å². The molecular weight excluding hydrogens is 204 g/mol. The van der Waals surface area contributed by atoms with Crippen LogP contribution in [0, 0.1) is 5.92 Å². The van der Waals surface area contributed by atoms with Crippen LogP contribution in [0.1, 0.15) is 40.5 Å². The van der Waals surface area contributed by atoms with Crippen molar-refractivity contribution in [3.63, 3.8) is 0 Å². The van der Waals surface area contributed by atoms with Crippen LogP contribution in [0.15, 0.2) is 0 Å². The van der Waals surface area contributed by atoms with Crippen molar-refractivity contribution in [3.8, 4) is 0 Å². The maximum atomic E-state index is 11.5. The maximum Gasteiger partial charge on any atom is 0.315 e. The van der Waals surface area contributed by atoms with E-state index >= 15 is 0 Å². The summed E-state index contributed by atoms with van der Waals surface area (Å²) in [5, 5.41) is 5.80. The normalized spacial score (nSPS) is 25.5. The zero-order chi connectivity index (χ0) is 12.2. The fourth-order valence-electron chi connectivity index (χ4n) is 1.99. The van der Waals surface area contributed by atoms with Crippen LogP contribution in [0.3, 0.4) is 0 Å². The topological polar surface area (TPSA) is 50.4 Å². The molecule has 2 N–H and O–H groups in total. The Morgan fingerprint density at radius 2 is 2.12 bits per heavy atom. The average Bonchev–Trinajstić information content (AvgIpc) is 2.59. The first-order chi connectivity index (χ1) is 7.42. The lowest BCUT2D eigenvalue weighted by Gasteiger charge is -2.22. The summed E-state index contributed by atoms with van der Waals surface area (Å²) in [5.41, 5.74) is -0.180. The molecule has 0 aromatic heterocycles. The third kappa shape index (κ3) is 4.39. The zero-order valence-corrected chi connectivity index (χ0v) is 10.8. The number of amides is 2. The highest BCUT2D eigenvalue weighted by molar-refractivity contribution is 5.74. The van der Waals surface area contributed by atoms with Crippen LogP contribution in [0.25, 0.3) is 0 Å². The molecule has 4 heteroatoms. The van der Waals surface area contributed by atoms with Gasteiger partial charge in [0.05, 0.1) is 6.10 Å². The second-order valence-corrected chi connectivity index (χ2v) is 5.45. The quantitative estimate of drug-likeness (QED) is 0.775. The number of carbonyl (C=O) groups excluding carboxylic acids is 1. The Morgan fingerprint density at radius 1 is 1.44 bits per heavy atom. The molecule has 0 spiro atoms. The second-order valence-electron chi connectivity index (χ2n) is 5.45. The molecule has 2 amide bonds. The van der Waals surface area contributed by atoms with Crippen LogP contribution in [-0.4, -0.2) is 30.8 Å². The van der Waals surface area contributed by atoms with Gasteiger partial charge in [0.25, 0.3) is 0 Å². The highest BCUT2D eigenvalue weighted by Crippen LogP contribution is 2.22. The van der Waals surface area contributed by atoms with E-state index in [1.165, 1.54) is 0 Å². The van der Waals surface area contributed by atoms with Crippen molar-refractivity contribution >= 4 is 6.03 Å². The number of urea groups is 1. The van der Waals surface area contributed by atoms with Gasteiger partial charge < -0.3 is 15.4 Å². The third-order valence-electron chi connectivity index (χ3n) is 2.76. The predicted molar refractivity (Wildman–Crippen MR) is 64.4 cm³/mol. The Morgan fingerprint density at radius 3 is 2.69 bits per heavy atom. The van der Waals surface area contributed by atoms with Crippen LogP contribution < -0.4 is 10.6 Å². The van der Waals surface area contributed by atoms with Gasteiger partial charge in [0.15, 0.2) is 0 Å². The molecule has 94 valence electrons. The van der Waals surface area contributed by atoms with Crippen molar-refractivity contribution in [2.24, 2.45) is 5.92 Å². The van der Waals surface area contributed by atoms with E-state index in [9.17, 15) is 4.79 Å². The highest BCUT2D eigenvalue weighted by Gasteiger charge is 2.27. The van der Waals surface area contributed by atoms with Gasteiger partial charge in [0.1, 0.15) is 0 Å². The van der Waals surface area contributed by atoms with E-state index < -0.39 is 0 Å². The predicted octanol–water partition coefficient (Wildman–Crippen LogP) is 1.90. The minimum absolute atomic E-state index is 0.0887. The van der Waals surface area contributed by atoms with Gasteiger partial charge in [-0.2, -0.15) is 0 Å². The Labute approximate surface area is 98.1 Å². The summed E-state index contributed by atoms with van der Waals surface area (Å²) in [4.78, 5) is 11.5. The minimum atomic E-state index is -0.180. The van der Waals surface area contributed by atoms with Crippen molar-refractivity contribution in [3.05, 3.63) is 0 Å². The van der Waals surface area contributed by atoms with E-state index in [1.54, 1.807) is 0 Å². The first-order valence-electron chi connectivity index (χ1n) is 6.10. The lowest BCUT2D eigenvalue weighted by molar-refractivity contribution is 0.0877. The van der Waals surface area contributed by atoms with Crippen LogP contribution in [0.2, 0.25) is 0 Å². The van der Waals surface area contributed by atoms with Crippen molar-refractivity contribution in [2.75, 3.05) is 13.2 Å². The van der Waals surface area contributed by atoms with Gasteiger partial charge in [-0.15, -0.1) is 0 Å². The third-order valence-corrected chi connectivity index (χ3v) is 2.76. The molecule has 0 saturated carbocycles. The number of rotatable bonds is 3. The Kier molecular flexibility index (Phi) is 4.59. The van der Waals surface area contributed by atoms with Gasteiger partial charge >= 0.3 is 6.03 Å². The van der Waals surface area contributed by atoms with Gasteiger partial charge in [0, 0.05) is 24.6 Å². The van der Waals surface area contributed by atoms with Gasteiger partial charge in [-0.1, -0.05) is 6.92 Å². The fourth-order valence-corrected chi connectivity index (χ4v) is 1.99. The molecule has 0 aromatic rings. The molecule has 1 saturated heterocycles. The van der Waals surface area contributed by atoms with Gasteiger partial charge in [-0.3, -0.25) is 0 Å². The summed E-state index contributed by atoms with van der Waals surface area (Å²) >= 11 is 0. The largest absolute Gasteiger partial charge is 0.378 e. The van der Waals surface area contributed by atoms with Crippen LogP contribution in [0.5, 0.6) is 0 Å². The fraction of sp³-hybridized carbons (Fsp3) is 0.917. The summed E-state index contributed by atoms with van der Waals surface area (Å²) in [7, 11) is 0. The number of hydrogen-bond donors (Lipinski definition) is 2. The molecule has 0 bridgehead atoms. The number of nitrogens with one attached hydrogen (secondary N) is 2. The summed E-state index contributed by atoms with van der Waals surface area (Å²) in [6.45, 7) is 9.57. The van der Waals surface area contributed by atoms with E-state index in [-0.39, 0.29) is 11.6 Å². The van der Waals surface area contributed by atoms with Crippen molar-refractivity contribution in [1.82, 2.24) is 10.6 Å². The maximum absolute atomic E-state index is 11.5. The molecule has 1 fully saturated rings. The molecule has 0 aliphatic carbocycles. The van der Waals surface area contributed by atoms with Crippen LogP contribution in [0.4, 0.5) is 4.79 Å². The SMILES string of the molecule is CCC1OCCC1CNC(=O)NC(C)(C)C. The molecule has 2 atom stereocenters. The summed E-state index contributed by atoms with van der Waals surface area (Å²) in [6, 6.07) is -0.0887. The monoisotopic (exact) mass is 228 g/mol. The number of ether oxygens (including phenoxy) is 1. The van der Waals surface area contributed by atoms with Gasteiger partial charge in [-0.25, -0.2) is 4.79 Å². The smallest absolute Gasteiger partial charge is 0.315 e. The first-order valence-corrected chi connectivity index (χ1v) is 6.10. The molecular formula is C12H24N2O2. The molecule has 1 aliphatic heterocycles. The molecule has 1 rings (SSSR count). The summed E-state index contributed by atoms with van der Waals surface area (Å²) < 4.78 is 5.58. The van der Waals surface area contributed by atoms with Gasteiger partial charge in [0.2, 0.25) is 0 Å². The number of carbonyl (C=O) groups is 1. The summed E-state index contributed by atoms with van der Waals surface area (Å²) in [5.74, 6) is 0.468. The summed E-state index contributed by atoms with van der Waals surface area (Å²) in [6.07, 6.45) is 2.39. The van der Waals surface area contributed by atoms with E-state index in [0.717, 1.165) is 19.4 Å². The standard InChI is InChI=1S/C12H24N2O2/c1-5-10-9(6-7-16-10)8-13-11(15)14-12(2,3)4/h9-10H,5-8H2,1-4H3,(H2,13,14,15). The molecule has 4 nitrogen and oxygen atoms in total. The lowest BCUT2D eigenvalue weighted by Crippen LogP contribution is -2.48. The van der Waals surface area contributed by atoms with Crippen molar-refractivity contribution in [2.45, 2.75) is 52.2 Å². The lowest BCUT2D eigenvalue weighted by atomic mass is 10.00. The first kappa shape index (κ1) is 13.3. The van der Waals surface area contributed by atoms with Crippen molar-refractivity contribution < 1.29 is 9.53 Å². The van der Waals surface area contributed by atoms with E-state index in [0.29, 0.717) is 18.6 Å². The Balaban J connectivity index is 2.26. The minimum Gasteiger partial charge on any atom is -0.378 e. The Bertz CT molecular complexity index is 236. The van der Waals surface area contributed by atoms with Crippen LogP contribution in [-0.2, 0) is 4.74 Å². The molecule has 1 heterocycles. The highest BCUT2D eigenvalue weighted by atomic mass is 16.5. The Hall–Kier alpha value is -0.770.